The average molecular weight is 255 g/mol. The normalized spacial score (nSPS) is 13.6. The first-order valence-electron chi connectivity index (χ1n) is 5.42. The van der Waals surface area contributed by atoms with E-state index in [0.29, 0.717) is 17.7 Å². The average Bonchev–Trinajstić information content (AvgIpc) is 2.81. The van der Waals surface area contributed by atoms with Crippen LogP contribution in [0.25, 0.3) is 0 Å². The number of furan rings is 1. The standard InChI is InChI=1S/C13H12F3NO/c14-13(15,16)10-4-1-3-9(7-10)12(17)8-11-5-2-6-18-11/h1-7,12H,8,17H2. The van der Waals surface area contributed by atoms with Gasteiger partial charge in [0, 0.05) is 12.5 Å². The third kappa shape index (κ3) is 2.92. The number of hydrogen-bond acceptors (Lipinski definition) is 2. The van der Waals surface area contributed by atoms with Crippen LogP contribution in [0.3, 0.4) is 0 Å². The van der Waals surface area contributed by atoms with Crippen LogP contribution in [0.5, 0.6) is 0 Å². The number of nitrogens with two attached hydrogens (primary N) is 1. The Morgan fingerprint density at radius 1 is 1.17 bits per heavy atom. The molecule has 0 aliphatic rings. The Kier molecular flexibility index (Phi) is 3.43. The minimum atomic E-state index is -4.35. The lowest BCUT2D eigenvalue weighted by atomic mass is 10.0. The molecular formula is C13H12F3NO. The van der Waals surface area contributed by atoms with Crippen LogP contribution in [0.2, 0.25) is 0 Å². The van der Waals surface area contributed by atoms with Crippen LogP contribution in [0.4, 0.5) is 13.2 Å². The quantitative estimate of drug-likeness (QED) is 0.911. The van der Waals surface area contributed by atoms with Crippen molar-refractivity contribution >= 4 is 0 Å². The van der Waals surface area contributed by atoms with Gasteiger partial charge in [0.15, 0.2) is 0 Å². The van der Waals surface area contributed by atoms with E-state index in [1.807, 2.05) is 0 Å². The minimum absolute atomic E-state index is 0.369. The van der Waals surface area contributed by atoms with E-state index >= 15 is 0 Å². The van der Waals surface area contributed by atoms with Gasteiger partial charge in [-0.15, -0.1) is 0 Å². The molecule has 1 atom stereocenters. The summed E-state index contributed by atoms with van der Waals surface area (Å²) in [5.41, 5.74) is 5.63. The molecule has 0 bridgehead atoms. The Hall–Kier alpha value is -1.75. The third-order valence-electron chi connectivity index (χ3n) is 2.64. The number of benzene rings is 1. The topological polar surface area (TPSA) is 39.2 Å². The first-order valence-corrected chi connectivity index (χ1v) is 5.42. The second kappa shape index (κ2) is 4.86. The fourth-order valence-electron chi connectivity index (χ4n) is 1.71. The largest absolute Gasteiger partial charge is 0.469 e. The van der Waals surface area contributed by atoms with E-state index in [4.69, 9.17) is 10.2 Å². The Morgan fingerprint density at radius 2 is 1.94 bits per heavy atom. The minimum Gasteiger partial charge on any atom is -0.469 e. The first-order chi connectivity index (χ1) is 8.47. The van der Waals surface area contributed by atoms with Gasteiger partial charge in [-0.1, -0.05) is 12.1 Å². The number of halogens is 3. The maximum absolute atomic E-state index is 12.5. The highest BCUT2D eigenvalue weighted by Crippen LogP contribution is 2.30. The summed E-state index contributed by atoms with van der Waals surface area (Å²) in [6.07, 6.45) is -2.47. The summed E-state index contributed by atoms with van der Waals surface area (Å²) in [6, 6.07) is 8.00. The Bertz CT molecular complexity index is 505. The Balaban J connectivity index is 2.18. The molecule has 0 fully saturated rings. The lowest BCUT2D eigenvalue weighted by Crippen LogP contribution is -2.14. The molecule has 2 N–H and O–H groups in total. The summed E-state index contributed by atoms with van der Waals surface area (Å²) < 4.78 is 42.8. The van der Waals surface area contributed by atoms with Gasteiger partial charge in [0.25, 0.3) is 0 Å². The molecule has 1 unspecified atom stereocenters. The van der Waals surface area contributed by atoms with Gasteiger partial charge in [-0.2, -0.15) is 13.2 Å². The van der Waals surface area contributed by atoms with Crippen LogP contribution in [-0.4, -0.2) is 0 Å². The fourth-order valence-corrected chi connectivity index (χ4v) is 1.71. The number of hydrogen-bond donors (Lipinski definition) is 1. The molecule has 96 valence electrons. The van der Waals surface area contributed by atoms with E-state index < -0.39 is 17.8 Å². The molecule has 1 heterocycles. The van der Waals surface area contributed by atoms with Gasteiger partial charge in [-0.05, 0) is 29.8 Å². The number of rotatable bonds is 3. The van der Waals surface area contributed by atoms with Crippen molar-refractivity contribution in [2.75, 3.05) is 0 Å². The molecule has 18 heavy (non-hydrogen) atoms. The van der Waals surface area contributed by atoms with Crippen LogP contribution < -0.4 is 5.73 Å². The van der Waals surface area contributed by atoms with Gasteiger partial charge >= 0.3 is 6.18 Å². The van der Waals surface area contributed by atoms with Crippen molar-refractivity contribution in [3.05, 3.63) is 59.5 Å². The highest BCUT2D eigenvalue weighted by Gasteiger charge is 2.30. The van der Waals surface area contributed by atoms with Crippen molar-refractivity contribution in [2.24, 2.45) is 5.73 Å². The lowest BCUT2D eigenvalue weighted by Gasteiger charge is -2.13. The molecule has 1 aromatic heterocycles. The monoisotopic (exact) mass is 255 g/mol. The van der Waals surface area contributed by atoms with Crippen molar-refractivity contribution in [1.29, 1.82) is 0 Å². The van der Waals surface area contributed by atoms with E-state index in [2.05, 4.69) is 0 Å². The zero-order valence-electron chi connectivity index (χ0n) is 9.45. The highest BCUT2D eigenvalue weighted by atomic mass is 19.4. The SMILES string of the molecule is NC(Cc1ccco1)c1cccc(C(F)(F)F)c1. The second-order valence-corrected chi connectivity index (χ2v) is 4.01. The lowest BCUT2D eigenvalue weighted by molar-refractivity contribution is -0.137. The molecule has 2 nitrogen and oxygen atoms in total. The third-order valence-corrected chi connectivity index (χ3v) is 2.64. The molecule has 2 rings (SSSR count). The van der Waals surface area contributed by atoms with Crippen molar-refractivity contribution in [1.82, 2.24) is 0 Å². The Morgan fingerprint density at radius 3 is 2.56 bits per heavy atom. The van der Waals surface area contributed by atoms with Gasteiger partial charge in [0.1, 0.15) is 5.76 Å². The molecular weight excluding hydrogens is 243 g/mol. The van der Waals surface area contributed by atoms with E-state index in [-0.39, 0.29) is 0 Å². The van der Waals surface area contributed by atoms with Crippen molar-refractivity contribution < 1.29 is 17.6 Å². The number of alkyl halides is 3. The second-order valence-electron chi connectivity index (χ2n) is 4.01. The molecule has 1 aromatic carbocycles. The van der Waals surface area contributed by atoms with Crippen LogP contribution in [0, 0.1) is 0 Å². The molecule has 0 aliphatic heterocycles. The van der Waals surface area contributed by atoms with Gasteiger partial charge in [0.2, 0.25) is 0 Å². The molecule has 0 amide bonds. The van der Waals surface area contributed by atoms with Gasteiger partial charge in [0.05, 0.1) is 11.8 Å². The van der Waals surface area contributed by atoms with Gasteiger partial charge in [-0.3, -0.25) is 0 Å². The zero-order chi connectivity index (χ0) is 13.2. The van der Waals surface area contributed by atoms with Crippen LogP contribution in [0.1, 0.15) is 22.9 Å². The summed E-state index contributed by atoms with van der Waals surface area (Å²) >= 11 is 0. The summed E-state index contributed by atoms with van der Waals surface area (Å²) in [5, 5.41) is 0. The molecule has 0 aliphatic carbocycles. The van der Waals surface area contributed by atoms with E-state index in [1.54, 1.807) is 18.2 Å². The van der Waals surface area contributed by atoms with E-state index in [0.717, 1.165) is 12.1 Å². The van der Waals surface area contributed by atoms with Crippen molar-refractivity contribution in [3.63, 3.8) is 0 Å². The first kappa shape index (κ1) is 12.7. The predicted molar refractivity (Wildman–Crippen MR) is 60.8 cm³/mol. The molecule has 0 spiro atoms. The van der Waals surface area contributed by atoms with E-state index in [9.17, 15) is 13.2 Å². The molecule has 0 radical (unpaired) electrons. The van der Waals surface area contributed by atoms with Crippen LogP contribution in [0.15, 0.2) is 47.1 Å². The molecule has 5 heteroatoms. The van der Waals surface area contributed by atoms with Crippen molar-refractivity contribution in [3.8, 4) is 0 Å². The van der Waals surface area contributed by atoms with Gasteiger partial charge < -0.3 is 10.2 Å². The summed E-state index contributed by atoms with van der Waals surface area (Å²) in [4.78, 5) is 0. The summed E-state index contributed by atoms with van der Waals surface area (Å²) in [6.45, 7) is 0. The zero-order valence-corrected chi connectivity index (χ0v) is 9.45. The van der Waals surface area contributed by atoms with Crippen LogP contribution >= 0.6 is 0 Å². The molecule has 2 aromatic rings. The van der Waals surface area contributed by atoms with Crippen molar-refractivity contribution in [2.45, 2.75) is 18.6 Å². The maximum Gasteiger partial charge on any atom is 0.416 e. The maximum atomic E-state index is 12.5. The van der Waals surface area contributed by atoms with E-state index in [1.165, 1.54) is 12.3 Å². The predicted octanol–water partition coefficient (Wildman–Crippen LogP) is 3.54. The molecule has 0 saturated carbocycles. The summed E-state index contributed by atoms with van der Waals surface area (Å²) in [5.74, 6) is 0.653. The summed E-state index contributed by atoms with van der Waals surface area (Å²) in [7, 11) is 0. The van der Waals surface area contributed by atoms with Crippen LogP contribution in [-0.2, 0) is 12.6 Å². The highest BCUT2D eigenvalue weighted by molar-refractivity contribution is 5.28. The molecule has 0 saturated heterocycles. The van der Waals surface area contributed by atoms with Gasteiger partial charge in [-0.25, -0.2) is 0 Å². The fraction of sp³-hybridized carbons (Fsp3) is 0.231. The Labute approximate surface area is 102 Å². The smallest absolute Gasteiger partial charge is 0.416 e.